The van der Waals surface area contributed by atoms with Crippen molar-refractivity contribution in [1.29, 1.82) is 0 Å². The maximum atomic E-state index is 12.1. The predicted molar refractivity (Wildman–Crippen MR) is 74.8 cm³/mol. The van der Waals surface area contributed by atoms with Gasteiger partial charge in [-0.05, 0) is 37.0 Å². The summed E-state index contributed by atoms with van der Waals surface area (Å²) in [6.45, 7) is 2.23. The first kappa shape index (κ1) is 13.2. The summed E-state index contributed by atoms with van der Waals surface area (Å²) in [6, 6.07) is 5.29. The van der Waals surface area contributed by atoms with Crippen LogP contribution in [-0.4, -0.2) is 11.9 Å². The molecular weight excluding hydrogens is 248 g/mol. The molecule has 2 unspecified atom stereocenters. The van der Waals surface area contributed by atoms with Crippen molar-refractivity contribution in [3.8, 4) is 0 Å². The largest absolute Gasteiger partial charge is 0.398 e. The van der Waals surface area contributed by atoms with Crippen LogP contribution in [0, 0.1) is 5.92 Å². The van der Waals surface area contributed by atoms with Crippen molar-refractivity contribution in [2.75, 3.05) is 5.73 Å². The zero-order valence-electron chi connectivity index (χ0n) is 10.6. The number of nitrogen functional groups attached to an aromatic ring is 1. The molecule has 0 saturated heterocycles. The van der Waals surface area contributed by atoms with Gasteiger partial charge >= 0.3 is 0 Å². The van der Waals surface area contributed by atoms with Gasteiger partial charge in [-0.2, -0.15) is 0 Å². The average molecular weight is 267 g/mol. The molecule has 0 bridgehead atoms. The summed E-state index contributed by atoms with van der Waals surface area (Å²) in [4.78, 5) is 12.1. The molecule has 0 radical (unpaired) electrons. The number of carbonyl (C=O) groups excluding carboxylic acids is 1. The van der Waals surface area contributed by atoms with Gasteiger partial charge in [-0.25, -0.2) is 0 Å². The third-order valence-corrected chi connectivity index (χ3v) is 3.87. The number of rotatable bonds is 2. The topological polar surface area (TPSA) is 55.1 Å². The lowest BCUT2D eigenvalue weighted by molar-refractivity contribution is 0.0921. The van der Waals surface area contributed by atoms with E-state index in [1.165, 1.54) is 12.8 Å². The van der Waals surface area contributed by atoms with Gasteiger partial charge in [-0.15, -0.1) is 0 Å². The molecule has 1 aromatic rings. The first-order valence-electron chi connectivity index (χ1n) is 6.42. The molecule has 18 heavy (non-hydrogen) atoms. The smallest absolute Gasteiger partial charge is 0.251 e. The molecule has 2 rings (SSSR count). The van der Waals surface area contributed by atoms with Crippen LogP contribution < -0.4 is 11.1 Å². The van der Waals surface area contributed by atoms with Crippen molar-refractivity contribution in [2.45, 2.75) is 38.6 Å². The zero-order valence-corrected chi connectivity index (χ0v) is 11.3. The highest BCUT2D eigenvalue weighted by Gasteiger charge is 2.21. The van der Waals surface area contributed by atoms with Crippen molar-refractivity contribution < 1.29 is 4.79 Å². The molecular formula is C14H19ClN2O. The van der Waals surface area contributed by atoms with Crippen LogP contribution in [0.5, 0.6) is 0 Å². The Morgan fingerprint density at radius 2 is 2.22 bits per heavy atom. The molecule has 1 fully saturated rings. The Morgan fingerprint density at radius 1 is 1.44 bits per heavy atom. The van der Waals surface area contributed by atoms with Gasteiger partial charge in [0, 0.05) is 11.6 Å². The Balaban J connectivity index is 2.00. The van der Waals surface area contributed by atoms with E-state index in [4.69, 9.17) is 17.3 Å². The van der Waals surface area contributed by atoms with E-state index < -0.39 is 0 Å². The van der Waals surface area contributed by atoms with Gasteiger partial charge in [0.15, 0.2) is 0 Å². The molecule has 1 aromatic carbocycles. The SMILES string of the molecule is CC1CCCC(NC(=O)c2ccc(Cl)c(N)c2)C1. The number of nitrogens with one attached hydrogen (secondary N) is 1. The predicted octanol–water partition coefficient (Wildman–Crippen LogP) is 3.23. The monoisotopic (exact) mass is 266 g/mol. The second-order valence-electron chi connectivity index (χ2n) is 5.18. The van der Waals surface area contributed by atoms with Gasteiger partial charge in [-0.3, -0.25) is 4.79 Å². The first-order valence-corrected chi connectivity index (χ1v) is 6.80. The molecule has 0 aromatic heterocycles. The number of amides is 1. The Morgan fingerprint density at radius 3 is 2.89 bits per heavy atom. The summed E-state index contributed by atoms with van der Waals surface area (Å²) < 4.78 is 0. The summed E-state index contributed by atoms with van der Waals surface area (Å²) in [7, 11) is 0. The number of carbonyl (C=O) groups is 1. The van der Waals surface area contributed by atoms with E-state index >= 15 is 0 Å². The molecule has 1 aliphatic rings. The fourth-order valence-electron chi connectivity index (χ4n) is 2.52. The van der Waals surface area contributed by atoms with E-state index in [1.54, 1.807) is 18.2 Å². The van der Waals surface area contributed by atoms with Crippen LogP contribution in [-0.2, 0) is 0 Å². The number of nitrogens with two attached hydrogens (primary N) is 1. The van der Waals surface area contributed by atoms with Crippen LogP contribution in [0.25, 0.3) is 0 Å². The highest BCUT2D eigenvalue weighted by atomic mass is 35.5. The van der Waals surface area contributed by atoms with Crippen molar-refractivity contribution in [2.24, 2.45) is 5.92 Å². The highest BCUT2D eigenvalue weighted by Crippen LogP contribution is 2.24. The minimum atomic E-state index is -0.0579. The number of halogens is 1. The van der Waals surface area contributed by atoms with Crippen LogP contribution in [0.4, 0.5) is 5.69 Å². The Hall–Kier alpha value is -1.22. The molecule has 3 nitrogen and oxygen atoms in total. The van der Waals surface area contributed by atoms with E-state index in [0.29, 0.717) is 22.2 Å². The molecule has 1 saturated carbocycles. The lowest BCUT2D eigenvalue weighted by Crippen LogP contribution is -2.37. The van der Waals surface area contributed by atoms with Crippen LogP contribution >= 0.6 is 11.6 Å². The second-order valence-corrected chi connectivity index (χ2v) is 5.59. The normalized spacial score (nSPS) is 23.7. The summed E-state index contributed by atoms with van der Waals surface area (Å²) in [5.41, 5.74) is 6.73. The van der Waals surface area contributed by atoms with Gasteiger partial charge in [0.2, 0.25) is 0 Å². The van der Waals surface area contributed by atoms with E-state index in [1.807, 2.05) is 0 Å². The standard InChI is InChI=1S/C14H19ClN2O/c1-9-3-2-4-11(7-9)17-14(18)10-5-6-12(15)13(16)8-10/h5-6,8-9,11H,2-4,7,16H2,1H3,(H,17,18). The quantitative estimate of drug-likeness (QED) is 0.808. The van der Waals surface area contributed by atoms with Gasteiger partial charge in [0.1, 0.15) is 0 Å². The van der Waals surface area contributed by atoms with Crippen molar-refractivity contribution in [3.05, 3.63) is 28.8 Å². The van der Waals surface area contributed by atoms with E-state index in [0.717, 1.165) is 12.8 Å². The van der Waals surface area contributed by atoms with Crippen LogP contribution in [0.15, 0.2) is 18.2 Å². The molecule has 4 heteroatoms. The van der Waals surface area contributed by atoms with Crippen molar-refractivity contribution in [3.63, 3.8) is 0 Å². The number of hydrogen-bond donors (Lipinski definition) is 2. The fraction of sp³-hybridized carbons (Fsp3) is 0.500. The van der Waals surface area contributed by atoms with Gasteiger partial charge in [-0.1, -0.05) is 31.4 Å². The molecule has 2 atom stereocenters. The van der Waals surface area contributed by atoms with Crippen molar-refractivity contribution in [1.82, 2.24) is 5.32 Å². The lowest BCUT2D eigenvalue weighted by Gasteiger charge is -2.27. The number of benzene rings is 1. The molecule has 1 amide bonds. The molecule has 0 heterocycles. The molecule has 0 spiro atoms. The number of anilines is 1. The molecule has 98 valence electrons. The first-order chi connectivity index (χ1) is 8.56. The summed E-state index contributed by atoms with van der Waals surface area (Å²) in [5, 5.41) is 3.56. The minimum Gasteiger partial charge on any atom is -0.398 e. The Bertz CT molecular complexity index is 447. The van der Waals surface area contributed by atoms with E-state index in [-0.39, 0.29) is 11.9 Å². The second kappa shape index (κ2) is 5.61. The maximum absolute atomic E-state index is 12.1. The molecule has 0 aliphatic heterocycles. The minimum absolute atomic E-state index is 0.0579. The zero-order chi connectivity index (χ0) is 13.1. The van der Waals surface area contributed by atoms with Crippen LogP contribution in [0.1, 0.15) is 43.0 Å². The van der Waals surface area contributed by atoms with Crippen LogP contribution in [0.3, 0.4) is 0 Å². The number of hydrogen-bond acceptors (Lipinski definition) is 2. The summed E-state index contributed by atoms with van der Waals surface area (Å²) in [5.74, 6) is 0.636. The van der Waals surface area contributed by atoms with Crippen molar-refractivity contribution >= 4 is 23.2 Å². The summed E-state index contributed by atoms with van der Waals surface area (Å²) in [6.07, 6.45) is 4.59. The van der Waals surface area contributed by atoms with Gasteiger partial charge < -0.3 is 11.1 Å². The fourth-order valence-corrected chi connectivity index (χ4v) is 2.64. The Labute approximate surface area is 113 Å². The highest BCUT2D eigenvalue weighted by molar-refractivity contribution is 6.33. The van der Waals surface area contributed by atoms with E-state index in [9.17, 15) is 4.79 Å². The third kappa shape index (κ3) is 3.16. The lowest BCUT2D eigenvalue weighted by atomic mass is 9.87. The van der Waals surface area contributed by atoms with Gasteiger partial charge in [0.05, 0.1) is 10.7 Å². The van der Waals surface area contributed by atoms with Gasteiger partial charge in [0.25, 0.3) is 5.91 Å². The van der Waals surface area contributed by atoms with E-state index in [2.05, 4.69) is 12.2 Å². The Kier molecular flexibility index (Phi) is 4.12. The molecule has 1 aliphatic carbocycles. The summed E-state index contributed by atoms with van der Waals surface area (Å²) >= 11 is 5.84. The van der Waals surface area contributed by atoms with Crippen LogP contribution in [0.2, 0.25) is 5.02 Å². The third-order valence-electron chi connectivity index (χ3n) is 3.53. The maximum Gasteiger partial charge on any atom is 0.251 e. The average Bonchev–Trinajstić information content (AvgIpc) is 2.32. The molecule has 3 N–H and O–H groups in total.